The summed E-state index contributed by atoms with van der Waals surface area (Å²) in [5.74, 6) is 0.524. The molecule has 1 atom stereocenters. The third-order valence-corrected chi connectivity index (χ3v) is 5.49. The zero-order valence-electron chi connectivity index (χ0n) is 15.9. The van der Waals surface area contributed by atoms with Gasteiger partial charge in [-0.2, -0.15) is 5.10 Å². The number of esters is 1. The summed E-state index contributed by atoms with van der Waals surface area (Å²) in [6, 6.07) is 5.80. The first-order valence-electron chi connectivity index (χ1n) is 9.45. The molecule has 1 aliphatic heterocycles. The van der Waals surface area contributed by atoms with Gasteiger partial charge in [0.15, 0.2) is 5.65 Å². The predicted octanol–water partition coefficient (Wildman–Crippen LogP) is 3.56. The molecule has 28 heavy (non-hydrogen) atoms. The Morgan fingerprint density at radius 2 is 2.21 bits per heavy atom. The fraction of sp³-hybridized carbons (Fsp3) is 0.400. The first-order chi connectivity index (χ1) is 13.6. The van der Waals surface area contributed by atoms with E-state index < -0.39 is 0 Å². The number of carbonyl (C=O) groups is 1. The van der Waals surface area contributed by atoms with Crippen LogP contribution in [0.1, 0.15) is 25.3 Å². The number of hydrogen-bond donors (Lipinski definition) is 0. The van der Waals surface area contributed by atoms with Crippen LogP contribution in [-0.2, 0) is 9.53 Å². The minimum atomic E-state index is -0.137. The second-order valence-electron chi connectivity index (χ2n) is 6.96. The molecular formula is C20H22ClN5O2. The van der Waals surface area contributed by atoms with E-state index in [1.165, 1.54) is 0 Å². The molecule has 0 amide bonds. The maximum atomic E-state index is 12.2. The fourth-order valence-corrected chi connectivity index (χ4v) is 3.78. The average Bonchev–Trinajstić information content (AvgIpc) is 3.14. The van der Waals surface area contributed by atoms with Crippen molar-refractivity contribution in [1.82, 2.24) is 19.7 Å². The Bertz CT molecular complexity index is 1020. The van der Waals surface area contributed by atoms with Crippen LogP contribution in [0.15, 0.2) is 30.7 Å². The molecule has 146 valence electrons. The molecule has 3 heterocycles. The summed E-state index contributed by atoms with van der Waals surface area (Å²) in [6.07, 6.45) is 5.06. The summed E-state index contributed by atoms with van der Waals surface area (Å²) in [7, 11) is 0. The summed E-state index contributed by atoms with van der Waals surface area (Å²) in [5.41, 5.74) is 2.57. The molecule has 0 N–H and O–H groups in total. The summed E-state index contributed by atoms with van der Waals surface area (Å²) in [4.78, 5) is 23.2. The van der Waals surface area contributed by atoms with Gasteiger partial charge in [-0.3, -0.25) is 4.79 Å². The summed E-state index contributed by atoms with van der Waals surface area (Å²) in [6.45, 7) is 5.62. The fourth-order valence-electron chi connectivity index (χ4n) is 3.61. The number of aromatic nitrogens is 4. The van der Waals surface area contributed by atoms with Gasteiger partial charge >= 0.3 is 5.97 Å². The molecule has 2 aromatic heterocycles. The van der Waals surface area contributed by atoms with E-state index in [1.807, 2.05) is 32.0 Å². The number of piperidine rings is 1. The molecule has 3 aromatic rings. The standard InChI is InChI=1S/C20H22ClN5O2/c1-3-28-20(27)14-5-4-8-25(11-14)18-16-10-24-26(19(16)23-12-22-18)15-7-6-13(2)17(21)9-15/h6-7,9-10,12,14H,3-5,8,11H2,1-2H3/t14-/m0/s1. The van der Waals surface area contributed by atoms with E-state index in [0.29, 0.717) is 23.8 Å². The van der Waals surface area contributed by atoms with Gasteiger partial charge in [-0.1, -0.05) is 17.7 Å². The van der Waals surface area contributed by atoms with Crippen LogP contribution >= 0.6 is 11.6 Å². The minimum Gasteiger partial charge on any atom is -0.466 e. The lowest BCUT2D eigenvalue weighted by atomic mass is 9.98. The quantitative estimate of drug-likeness (QED) is 0.624. The van der Waals surface area contributed by atoms with E-state index >= 15 is 0 Å². The Kier molecular flexibility index (Phi) is 5.17. The molecule has 4 rings (SSSR count). The molecule has 1 fully saturated rings. The van der Waals surface area contributed by atoms with Crippen LogP contribution in [0.2, 0.25) is 5.02 Å². The lowest BCUT2D eigenvalue weighted by Crippen LogP contribution is -2.40. The van der Waals surface area contributed by atoms with E-state index in [9.17, 15) is 4.79 Å². The summed E-state index contributed by atoms with van der Waals surface area (Å²) < 4.78 is 6.97. The first-order valence-corrected chi connectivity index (χ1v) is 9.83. The van der Waals surface area contributed by atoms with Gasteiger partial charge in [0.25, 0.3) is 0 Å². The van der Waals surface area contributed by atoms with Crippen molar-refractivity contribution in [2.75, 3.05) is 24.6 Å². The summed E-state index contributed by atoms with van der Waals surface area (Å²) >= 11 is 6.28. The molecule has 0 saturated carbocycles. The monoisotopic (exact) mass is 399 g/mol. The molecule has 0 radical (unpaired) electrons. The van der Waals surface area contributed by atoms with Gasteiger partial charge in [0, 0.05) is 18.1 Å². The highest BCUT2D eigenvalue weighted by molar-refractivity contribution is 6.31. The molecule has 0 aliphatic carbocycles. The van der Waals surface area contributed by atoms with Gasteiger partial charge in [-0.25, -0.2) is 14.6 Å². The topological polar surface area (TPSA) is 73.1 Å². The molecule has 8 heteroatoms. The minimum absolute atomic E-state index is 0.135. The van der Waals surface area contributed by atoms with Gasteiger partial charge in [-0.05, 0) is 44.4 Å². The van der Waals surface area contributed by atoms with Crippen LogP contribution in [0.4, 0.5) is 5.82 Å². The first kappa shape index (κ1) is 18.7. The number of nitrogens with zero attached hydrogens (tertiary/aromatic N) is 5. The van der Waals surface area contributed by atoms with Crippen molar-refractivity contribution in [3.63, 3.8) is 0 Å². The van der Waals surface area contributed by atoms with Gasteiger partial charge in [0.2, 0.25) is 0 Å². The van der Waals surface area contributed by atoms with Gasteiger partial charge in [0.1, 0.15) is 12.1 Å². The summed E-state index contributed by atoms with van der Waals surface area (Å²) in [5, 5.41) is 6.05. The molecule has 1 saturated heterocycles. The molecule has 0 unspecified atom stereocenters. The molecule has 1 aromatic carbocycles. The van der Waals surface area contributed by atoms with Crippen molar-refractivity contribution in [2.45, 2.75) is 26.7 Å². The maximum Gasteiger partial charge on any atom is 0.310 e. The largest absolute Gasteiger partial charge is 0.466 e. The number of hydrogen-bond acceptors (Lipinski definition) is 6. The second kappa shape index (κ2) is 7.75. The lowest BCUT2D eigenvalue weighted by molar-refractivity contribution is -0.148. The van der Waals surface area contributed by atoms with E-state index in [0.717, 1.165) is 41.8 Å². The van der Waals surface area contributed by atoms with Crippen molar-refractivity contribution >= 4 is 34.4 Å². The Morgan fingerprint density at radius 1 is 1.36 bits per heavy atom. The number of rotatable bonds is 4. The maximum absolute atomic E-state index is 12.2. The normalized spacial score (nSPS) is 17.1. The molecule has 1 aliphatic rings. The number of fused-ring (bicyclic) bond motifs is 1. The van der Waals surface area contributed by atoms with Crippen LogP contribution in [0.25, 0.3) is 16.7 Å². The number of ether oxygens (including phenoxy) is 1. The van der Waals surface area contributed by atoms with Crippen molar-refractivity contribution in [3.05, 3.63) is 41.3 Å². The Hall–Kier alpha value is -2.67. The van der Waals surface area contributed by atoms with Crippen LogP contribution in [0.3, 0.4) is 0 Å². The van der Waals surface area contributed by atoms with Crippen LogP contribution in [0, 0.1) is 12.8 Å². The average molecular weight is 400 g/mol. The van der Waals surface area contributed by atoms with E-state index in [4.69, 9.17) is 16.3 Å². The number of aryl methyl sites for hydroxylation is 1. The number of benzene rings is 1. The van der Waals surface area contributed by atoms with Crippen molar-refractivity contribution in [3.8, 4) is 5.69 Å². The number of halogens is 1. The van der Waals surface area contributed by atoms with E-state index in [1.54, 1.807) is 17.2 Å². The zero-order chi connectivity index (χ0) is 19.7. The predicted molar refractivity (Wildman–Crippen MR) is 108 cm³/mol. The van der Waals surface area contributed by atoms with Crippen molar-refractivity contribution < 1.29 is 9.53 Å². The molecule has 0 bridgehead atoms. The van der Waals surface area contributed by atoms with Crippen LogP contribution < -0.4 is 4.90 Å². The highest BCUT2D eigenvalue weighted by atomic mass is 35.5. The number of carbonyl (C=O) groups excluding carboxylic acids is 1. The van der Waals surface area contributed by atoms with Crippen molar-refractivity contribution in [2.24, 2.45) is 5.92 Å². The molecule has 0 spiro atoms. The smallest absolute Gasteiger partial charge is 0.310 e. The van der Waals surface area contributed by atoms with E-state index in [2.05, 4.69) is 20.0 Å². The Morgan fingerprint density at radius 3 is 3.00 bits per heavy atom. The van der Waals surface area contributed by atoms with Crippen molar-refractivity contribution in [1.29, 1.82) is 0 Å². The highest BCUT2D eigenvalue weighted by Crippen LogP contribution is 2.29. The highest BCUT2D eigenvalue weighted by Gasteiger charge is 2.29. The van der Waals surface area contributed by atoms with Crippen LogP contribution in [0.5, 0.6) is 0 Å². The number of anilines is 1. The molecular weight excluding hydrogens is 378 g/mol. The SMILES string of the molecule is CCOC(=O)[C@H]1CCCN(c2ncnc3c2cnn3-c2ccc(C)c(Cl)c2)C1. The van der Waals surface area contributed by atoms with Crippen LogP contribution in [-0.4, -0.2) is 45.4 Å². The molecule has 7 nitrogen and oxygen atoms in total. The van der Waals surface area contributed by atoms with Gasteiger partial charge < -0.3 is 9.64 Å². The Balaban J connectivity index is 1.68. The third-order valence-electron chi connectivity index (χ3n) is 5.09. The van der Waals surface area contributed by atoms with Gasteiger partial charge in [0.05, 0.1) is 29.8 Å². The van der Waals surface area contributed by atoms with E-state index in [-0.39, 0.29) is 11.9 Å². The van der Waals surface area contributed by atoms with Gasteiger partial charge in [-0.15, -0.1) is 0 Å². The zero-order valence-corrected chi connectivity index (χ0v) is 16.7. The Labute approximate surface area is 168 Å². The second-order valence-corrected chi connectivity index (χ2v) is 7.37. The third kappa shape index (κ3) is 3.42. The lowest BCUT2D eigenvalue weighted by Gasteiger charge is -2.32.